The fourth-order valence-electron chi connectivity index (χ4n) is 6.01. The first kappa shape index (κ1) is 29.8. The van der Waals surface area contributed by atoms with Gasteiger partial charge in [-0.3, -0.25) is 9.69 Å². The van der Waals surface area contributed by atoms with Gasteiger partial charge in [-0.05, 0) is 59.5 Å². The molecule has 2 aliphatic rings. The van der Waals surface area contributed by atoms with E-state index in [1.807, 2.05) is 35.2 Å². The maximum atomic E-state index is 14.1. The molecule has 1 fully saturated rings. The number of amides is 1. The number of hydrogen-bond donors (Lipinski definition) is 0. The third-order valence-corrected chi connectivity index (χ3v) is 15.1. The van der Waals surface area contributed by atoms with E-state index in [1.54, 1.807) is 23.5 Å². The van der Waals surface area contributed by atoms with Crippen LogP contribution in [0.5, 0.6) is 0 Å². The molecule has 0 spiro atoms. The summed E-state index contributed by atoms with van der Waals surface area (Å²) in [5.74, 6) is 0.348. The standard InChI is InChI=1S/C33H31N5OPS3/c1-3-42-32(41)43-30-23-29(39)38(30)31(33(34-36-37-35-33)25-15-13-14-24(2)22-25)40(26-16-7-4-8-17-26,27-18-9-5-10-19-27)28-20-11-6-12-21-28/h4-22,30-31H,3,23H2,1-2H3/q+1. The molecule has 6 nitrogen and oxygen atoms in total. The lowest BCUT2D eigenvalue weighted by Crippen LogP contribution is -2.65. The largest absolute Gasteiger partial charge is 0.289 e. The molecule has 0 N–H and O–H groups in total. The summed E-state index contributed by atoms with van der Waals surface area (Å²) < 4.78 is 0.825. The Kier molecular flexibility index (Phi) is 8.87. The summed E-state index contributed by atoms with van der Waals surface area (Å²) in [6.07, 6.45) is 0.391. The highest BCUT2D eigenvalue weighted by atomic mass is 32.2. The van der Waals surface area contributed by atoms with Gasteiger partial charge in [0.25, 0.3) is 5.66 Å². The van der Waals surface area contributed by atoms with Crippen LogP contribution < -0.4 is 15.9 Å². The van der Waals surface area contributed by atoms with E-state index in [1.165, 1.54) is 0 Å². The lowest BCUT2D eigenvalue weighted by Gasteiger charge is -2.51. The van der Waals surface area contributed by atoms with E-state index in [0.717, 1.165) is 36.3 Å². The van der Waals surface area contributed by atoms with E-state index in [4.69, 9.17) is 22.4 Å². The van der Waals surface area contributed by atoms with Gasteiger partial charge in [0.1, 0.15) is 26.7 Å². The Morgan fingerprint density at radius 3 is 1.88 bits per heavy atom. The zero-order chi connectivity index (χ0) is 29.9. The van der Waals surface area contributed by atoms with Crippen LogP contribution in [0.1, 0.15) is 24.5 Å². The average molecular weight is 641 g/mol. The number of hydrogen-bond acceptors (Lipinski definition) is 8. The highest BCUT2D eigenvalue weighted by Gasteiger charge is 2.69. The van der Waals surface area contributed by atoms with Gasteiger partial charge in [0.05, 0.1) is 11.8 Å². The molecule has 0 radical (unpaired) electrons. The zero-order valence-corrected chi connectivity index (χ0v) is 27.2. The van der Waals surface area contributed by atoms with E-state index in [-0.39, 0.29) is 11.3 Å². The number of thiocarbonyl (C=S) groups is 1. The number of thioether (sulfide) groups is 2. The maximum Gasteiger partial charge on any atom is 0.275 e. The highest BCUT2D eigenvalue weighted by molar-refractivity contribution is 8.47. The molecule has 2 aliphatic heterocycles. The summed E-state index contributed by atoms with van der Waals surface area (Å²) in [6, 6.07) is 39.8. The minimum Gasteiger partial charge on any atom is -0.289 e. The topological polar surface area (TPSA) is 69.8 Å². The van der Waals surface area contributed by atoms with E-state index in [9.17, 15) is 4.79 Å². The fraction of sp³-hybridized carbons (Fsp3) is 0.212. The van der Waals surface area contributed by atoms with Gasteiger partial charge >= 0.3 is 0 Å². The van der Waals surface area contributed by atoms with Gasteiger partial charge in [-0.2, -0.15) is 0 Å². The predicted molar refractivity (Wildman–Crippen MR) is 185 cm³/mol. The average Bonchev–Trinajstić information content (AvgIpc) is 3.53. The molecule has 0 aliphatic carbocycles. The number of nitrogens with zero attached hydrogens (tertiary/aromatic N) is 5. The van der Waals surface area contributed by atoms with Crippen molar-refractivity contribution in [3.8, 4) is 0 Å². The molecule has 6 rings (SSSR count). The van der Waals surface area contributed by atoms with Crippen molar-refractivity contribution in [1.82, 2.24) is 4.90 Å². The summed E-state index contributed by atoms with van der Waals surface area (Å²) in [6.45, 7) is 4.14. The van der Waals surface area contributed by atoms with Gasteiger partial charge in [-0.1, -0.05) is 115 Å². The second-order valence-corrected chi connectivity index (χ2v) is 17.5. The molecule has 4 aromatic carbocycles. The van der Waals surface area contributed by atoms with Crippen LogP contribution in [0.15, 0.2) is 136 Å². The highest BCUT2D eigenvalue weighted by Crippen LogP contribution is 2.68. The molecule has 0 bridgehead atoms. The summed E-state index contributed by atoms with van der Waals surface area (Å²) in [5, 5.41) is 21.3. The third-order valence-electron chi connectivity index (χ3n) is 7.80. The Morgan fingerprint density at radius 2 is 1.42 bits per heavy atom. The summed E-state index contributed by atoms with van der Waals surface area (Å²) in [4.78, 5) is 16.1. The molecule has 2 heterocycles. The Bertz CT molecular complexity index is 1560. The SMILES string of the molecule is CCSC(=S)SC1CC(=O)N1C(C1(c2cccc(C)c2)N=NN=N1)[P+](c1ccccc1)(c1ccccc1)c1ccccc1. The molecule has 4 aromatic rings. The molecule has 2 atom stereocenters. The number of carbonyl (C=O) groups excluding carboxylic acids is 1. The van der Waals surface area contributed by atoms with Crippen LogP contribution in [-0.4, -0.2) is 31.2 Å². The molecule has 216 valence electrons. The van der Waals surface area contributed by atoms with E-state index in [0.29, 0.717) is 6.42 Å². The van der Waals surface area contributed by atoms with Gasteiger partial charge in [0.2, 0.25) is 11.7 Å². The Morgan fingerprint density at radius 1 is 0.884 bits per heavy atom. The van der Waals surface area contributed by atoms with Gasteiger partial charge in [-0.15, -0.1) is 22.0 Å². The molecule has 0 saturated carbocycles. The summed E-state index contributed by atoms with van der Waals surface area (Å²) >= 11 is 8.98. The minimum atomic E-state index is -2.78. The molecule has 10 heteroatoms. The number of aryl methyl sites for hydroxylation is 1. The van der Waals surface area contributed by atoms with Crippen molar-refractivity contribution in [2.24, 2.45) is 20.7 Å². The van der Waals surface area contributed by atoms with Crippen LogP contribution in [0.3, 0.4) is 0 Å². The van der Waals surface area contributed by atoms with Gasteiger partial charge in [0.15, 0.2) is 0 Å². The van der Waals surface area contributed by atoms with Crippen molar-refractivity contribution in [3.63, 3.8) is 0 Å². The third kappa shape index (κ3) is 5.37. The number of benzene rings is 4. The van der Waals surface area contributed by atoms with Gasteiger partial charge in [0, 0.05) is 5.56 Å². The summed E-state index contributed by atoms with van der Waals surface area (Å²) in [7, 11) is -2.78. The fourth-order valence-corrected chi connectivity index (χ4v) is 13.9. The van der Waals surface area contributed by atoms with Crippen molar-refractivity contribution in [1.29, 1.82) is 0 Å². The molecular weight excluding hydrogens is 610 g/mol. The van der Waals surface area contributed by atoms with Crippen molar-refractivity contribution >= 4 is 68.4 Å². The van der Waals surface area contributed by atoms with Crippen LogP contribution in [-0.2, 0) is 10.5 Å². The first-order valence-electron chi connectivity index (χ1n) is 14.1. The van der Waals surface area contributed by atoms with Crippen molar-refractivity contribution in [3.05, 3.63) is 126 Å². The van der Waals surface area contributed by atoms with E-state index < -0.39 is 18.7 Å². The van der Waals surface area contributed by atoms with Crippen molar-refractivity contribution < 1.29 is 4.79 Å². The number of carbonyl (C=O) groups is 1. The molecule has 43 heavy (non-hydrogen) atoms. The second kappa shape index (κ2) is 12.8. The maximum absolute atomic E-state index is 14.1. The van der Waals surface area contributed by atoms with Crippen LogP contribution in [0.2, 0.25) is 0 Å². The number of rotatable bonds is 9. The number of likely N-dealkylation sites (tertiary alicyclic amines) is 1. The first-order valence-corrected chi connectivity index (χ1v) is 18.2. The molecule has 1 amide bonds. The lowest BCUT2D eigenvalue weighted by molar-refractivity contribution is -0.144. The second-order valence-electron chi connectivity index (χ2n) is 10.3. The molecular formula is C33H31N5OPS3+. The lowest BCUT2D eigenvalue weighted by atomic mass is 9.96. The molecule has 2 unspecified atom stereocenters. The molecule has 0 aromatic heterocycles. The monoisotopic (exact) mass is 640 g/mol. The molecule has 1 saturated heterocycles. The first-order chi connectivity index (χ1) is 21.0. The van der Waals surface area contributed by atoms with Crippen LogP contribution in [0, 0.1) is 6.92 Å². The Labute approximate surface area is 266 Å². The van der Waals surface area contributed by atoms with Crippen molar-refractivity contribution in [2.45, 2.75) is 37.1 Å². The van der Waals surface area contributed by atoms with Crippen LogP contribution >= 0.6 is 43.0 Å². The Hall–Kier alpha value is -3.23. The van der Waals surface area contributed by atoms with Crippen LogP contribution in [0.25, 0.3) is 0 Å². The Balaban J connectivity index is 1.73. The van der Waals surface area contributed by atoms with Crippen molar-refractivity contribution in [2.75, 3.05) is 5.75 Å². The zero-order valence-electron chi connectivity index (χ0n) is 23.9. The normalized spacial score (nSPS) is 18.0. The smallest absolute Gasteiger partial charge is 0.275 e. The van der Waals surface area contributed by atoms with Crippen LogP contribution in [0.4, 0.5) is 0 Å². The van der Waals surface area contributed by atoms with Gasteiger partial charge in [-0.25, -0.2) is 0 Å². The predicted octanol–water partition coefficient (Wildman–Crippen LogP) is 7.63. The minimum absolute atomic E-state index is 0.0447. The van der Waals surface area contributed by atoms with E-state index >= 15 is 0 Å². The summed E-state index contributed by atoms with van der Waals surface area (Å²) in [5.41, 5.74) is 0.636. The van der Waals surface area contributed by atoms with Gasteiger partial charge < -0.3 is 0 Å². The quantitative estimate of drug-likeness (QED) is 0.107. The van der Waals surface area contributed by atoms with E-state index in [2.05, 4.69) is 109 Å². The number of β-lactam (4-membered cyclic amide) rings is 1.